The van der Waals surface area contributed by atoms with Crippen LogP contribution in [0.25, 0.3) is 0 Å². The van der Waals surface area contributed by atoms with E-state index >= 15 is 0 Å². The van der Waals surface area contributed by atoms with Crippen molar-refractivity contribution >= 4 is 27.5 Å². The fraction of sp³-hybridized carbons (Fsp3) is 0.529. The number of hydrogen-bond donors (Lipinski definition) is 1. The van der Waals surface area contributed by atoms with Gasteiger partial charge in [0.2, 0.25) is 15.9 Å². The first-order valence-electron chi connectivity index (χ1n) is 8.22. The Morgan fingerprint density at radius 1 is 1.36 bits per heavy atom. The highest BCUT2D eigenvalue weighted by molar-refractivity contribution is 7.94. The zero-order chi connectivity index (χ0) is 18.7. The van der Waals surface area contributed by atoms with Gasteiger partial charge in [-0.2, -0.15) is 0 Å². The summed E-state index contributed by atoms with van der Waals surface area (Å²) in [4.78, 5) is 24.6. The number of anilines is 1. The molecule has 2 amide bonds. The molecular formula is C17H24N2O5S. The van der Waals surface area contributed by atoms with E-state index in [1.165, 1.54) is 12.1 Å². The van der Waals surface area contributed by atoms with Gasteiger partial charge in [0.05, 0.1) is 16.9 Å². The number of carbonyl (C=O) groups is 2. The minimum Gasteiger partial charge on any atom is -0.382 e. The maximum absolute atomic E-state index is 12.4. The molecule has 0 saturated carbocycles. The molecule has 1 saturated heterocycles. The molecule has 0 radical (unpaired) electrons. The van der Waals surface area contributed by atoms with E-state index in [-0.39, 0.29) is 17.3 Å². The van der Waals surface area contributed by atoms with Crippen LogP contribution in [0.2, 0.25) is 0 Å². The van der Waals surface area contributed by atoms with E-state index in [0.717, 1.165) is 4.31 Å². The van der Waals surface area contributed by atoms with Crippen LogP contribution in [-0.4, -0.2) is 45.7 Å². The van der Waals surface area contributed by atoms with Crippen molar-refractivity contribution in [2.45, 2.75) is 27.2 Å². The standard InChI is InChI=1S/C17H24N2O5S/c1-4-24-10-6-9-18-15(20)13-7-5-8-14(11-13)19-16(21)17(2,3)12-25(19,22)23/h5,7-8,11H,4,6,9-10,12H2,1-3H3,(H,18,20). The second-order valence-corrected chi connectivity index (χ2v) is 8.38. The zero-order valence-corrected chi connectivity index (χ0v) is 15.6. The Labute approximate surface area is 148 Å². The van der Waals surface area contributed by atoms with Gasteiger partial charge in [-0.3, -0.25) is 9.59 Å². The molecule has 0 aliphatic carbocycles. The lowest BCUT2D eigenvalue weighted by Gasteiger charge is -2.18. The van der Waals surface area contributed by atoms with Gasteiger partial charge in [-0.15, -0.1) is 0 Å². The lowest BCUT2D eigenvalue weighted by molar-refractivity contribution is -0.123. The Kier molecular flexibility index (Phi) is 5.84. The van der Waals surface area contributed by atoms with E-state index in [9.17, 15) is 18.0 Å². The minimum atomic E-state index is -3.73. The monoisotopic (exact) mass is 368 g/mol. The highest BCUT2D eigenvalue weighted by Gasteiger charge is 2.49. The van der Waals surface area contributed by atoms with Crippen LogP contribution in [0.3, 0.4) is 0 Å². The summed E-state index contributed by atoms with van der Waals surface area (Å²) in [5.41, 5.74) is -0.477. The Bertz CT molecular complexity index is 758. The van der Waals surface area contributed by atoms with E-state index in [1.54, 1.807) is 26.0 Å². The summed E-state index contributed by atoms with van der Waals surface area (Å²) in [5, 5.41) is 2.75. The van der Waals surface area contributed by atoms with E-state index in [2.05, 4.69) is 5.32 Å². The third kappa shape index (κ3) is 4.38. The Morgan fingerprint density at radius 3 is 2.68 bits per heavy atom. The molecule has 1 heterocycles. The SMILES string of the molecule is CCOCCCNC(=O)c1cccc(N2C(=O)C(C)(C)CS2(=O)=O)c1. The van der Waals surface area contributed by atoms with Gasteiger partial charge in [0.15, 0.2) is 0 Å². The summed E-state index contributed by atoms with van der Waals surface area (Å²) in [6.45, 7) is 6.75. The van der Waals surface area contributed by atoms with Crippen LogP contribution in [0.15, 0.2) is 24.3 Å². The molecule has 1 aromatic rings. The second-order valence-electron chi connectivity index (χ2n) is 6.57. The van der Waals surface area contributed by atoms with Crippen molar-refractivity contribution in [3.63, 3.8) is 0 Å². The number of carbonyl (C=O) groups excluding carboxylic acids is 2. The van der Waals surface area contributed by atoms with Crippen molar-refractivity contribution in [1.82, 2.24) is 5.32 Å². The molecule has 0 bridgehead atoms. The van der Waals surface area contributed by atoms with Crippen molar-refractivity contribution < 1.29 is 22.7 Å². The number of benzene rings is 1. The largest absolute Gasteiger partial charge is 0.382 e. The number of nitrogens with zero attached hydrogens (tertiary/aromatic N) is 1. The molecule has 1 aliphatic rings. The molecule has 138 valence electrons. The lowest BCUT2D eigenvalue weighted by Crippen LogP contribution is -2.33. The smallest absolute Gasteiger partial charge is 0.251 e. The van der Waals surface area contributed by atoms with Gasteiger partial charge < -0.3 is 10.1 Å². The third-order valence-electron chi connectivity index (χ3n) is 3.88. The number of rotatable bonds is 7. The van der Waals surface area contributed by atoms with Gasteiger partial charge >= 0.3 is 0 Å². The Balaban J connectivity index is 2.14. The van der Waals surface area contributed by atoms with E-state index in [1.807, 2.05) is 6.92 Å². The fourth-order valence-corrected chi connectivity index (χ4v) is 4.76. The molecule has 1 N–H and O–H groups in total. The summed E-state index contributed by atoms with van der Waals surface area (Å²) < 4.78 is 30.7. The average molecular weight is 368 g/mol. The van der Waals surface area contributed by atoms with E-state index < -0.39 is 21.3 Å². The molecule has 0 spiro atoms. The minimum absolute atomic E-state index is 0.192. The lowest BCUT2D eigenvalue weighted by atomic mass is 9.95. The van der Waals surface area contributed by atoms with Crippen LogP contribution >= 0.6 is 0 Å². The number of ether oxygens (including phenoxy) is 1. The number of hydrogen-bond acceptors (Lipinski definition) is 5. The molecule has 1 aliphatic heterocycles. The number of sulfonamides is 1. The first-order valence-corrected chi connectivity index (χ1v) is 9.83. The third-order valence-corrected chi connectivity index (χ3v) is 5.90. The average Bonchev–Trinajstić information content (AvgIpc) is 2.70. The predicted molar refractivity (Wildman–Crippen MR) is 94.9 cm³/mol. The van der Waals surface area contributed by atoms with Gasteiger partial charge in [-0.1, -0.05) is 6.07 Å². The van der Waals surface area contributed by atoms with Crippen LogP contribution in [0.1, 0.15) is 37.6 Å². The number of amides is 2. The molecule has 1 fully saturated rings. The van der Waals surface area contributed by atoms with Crippen LogP contribution < -0.4 is 9.62 Å². The maximum Gasteiger partial charge on any atom is 0.251 e. The molecule has 7 nitrogen and oxygen atoms in total. The highest BCUT2D eigenvalue weighted by atomic mass is 32.2. The molecule has 25 heavy (non-hydrogen) atoms. The molecular weight excluding hydrogens is 344 g/mol. The van der Waals surface area contributed by atoms with Crippen LogP contribution in [0, 0.1) is 5.41 Å². The summed E-state index contributed by atoms with van der Waals surface area (Å²) >= 11 is 0. The molecule has 8 heteroatoms. The maximum atomic E-state index is 12.4. The van der Waals surface area contributed by atoms with E-state index in [0.29, 0.717) is 31.7 Å². The van der Waals surface area contributed by atoms with E-state index in [4.69, 9.17) is 4.74 Å². The quantitative estimate of drug-likeness (QED) is 0.737. The van der Waals surface area contributed by atoms with Crippen molar-refractivity contribution in [1.29, 1.82) is 0 Å². The van der Waals surface area contributed by atoms with Crippen molar-refractivity contribution in [2.24, 2.45) is 5.41 Å². The van der Waals surface area contributed by atoms with Crippen LogP contribution in [-0.2, 0) is 19.6 Å². The van der Waals surface area contributed by atoms with Gasteiger partial charge in [-0.25, -0.2) is 12.7 Å². The van der Waals surface area contributed by atoms with Gasteiger partial charge in [-0.05, 0) is 45.4 Å². The summed E-state index contributed by atoms with van der Waals surface area (Å²) in [7, 11) is -3.73. The number of nitrogens with one attached hydrogen (secondary N) is 1. The van der Waals surface area contributed by atoms with Gasteiger partial charge in [0, 0.05) is 25.3 Å². The van der Waals surface area contributed by atoms with Crippen molar-refractivity contribution in [3.8, 4) is 0 Å². The zero-order valence-electron chi connectivity index (χ0n) is 14.7. The summed E-state index contributed by atoms with van der Waals surface area (Å²) in [6.07, 6.45) is 0.687. The second kappa shape index (κ2) is 7.53. The topological polar surface area (TPSA) is 92.8 Å². The van der Waals surface area contributed by atoms with Gasteiger partial charge in [0.1, 0.15) is 0 Å². The fourth-order valence-electron chi connectivity index (χ4n) is 2.66. The van der Waals surface area contributed by atoms with Gasteiger partial charge in [0.25, 0.3) is 5.91 Å². The predicted octanol–water partition coefficient (Wildman–Crippen LogP) is 1.55. The Hall–Kier alpha value is -1.93. The van der Waals surface area contributed by atoms with Crippen molar-refractivity contribution in [3.05, 3.63) is 29.8 Å². The normalized spacial score (nSPS) is 18.4. The first kappa shape index (κ1) is 19.4. The summed E-state index contributed by atoms with van der Waals surface area (Å²) in [6, 6.07) is 6.09. The first-order chi connectivity index (χ1) is 11.7. The summed E-state index contributed by atoms with van der Waals surface area (Å²) in [5.74, 6) is -1.05. The molecule has 0 unspecified atom stereocenters. The molecule has 1 aromatic carbocycles. The Morgan fingerprint density at radius 2 is 2.08 bits per heavy atom. The highest BCUT2D eigenvalue weighted by Crippen LogP contribution is 2.35. The molecule has 0 atom stereocenters. The molecule has 0 aromatic heterocycles. The van der Waals surface area contributed by atoms with Crippen LogP contribution in [0.5, 0.6) is 0 Å². The molecule has 2 rings (SSSR count). The van der Waals surface area contributed by atoms with Crippen molar-refractivity contribution in [2.75, 3.05) is 29.8 Å². The van der Waals surface area contributed by atoms with Crippen LogP contribution in [0.4, 0.5) is 5.69 Å².